The first kappa shape index (κ1) is 23.4. The van der Waals surface area contributed by atoms with E-state index in [4.69, 9.17) is 14.7 Å². The maximum atomic E-state index is 13.3. The van der Waals surface area contributed by atoms with Crippen molar-refractivity contribution >= 4 is 21.8 Å². The highest BCUT2D eigenvalue weighted by molar-refractivity contribution is 7.89. The second-order valence-electron chi connectivity index (χ2n) is 10.1. The van der Waals surface area contributed by atoms with Gasteiger partial charge in [0.25, 0.3) is 0 Å². The van der Waals surface area contributed by atoms with Crippen LogP contribution >= 0.6 is 0 Å². The molecule has 3 aliphatic rings. The van der Waals surface area contributed by atoms with E-state index in [-0.39, 0.29) is 10.3 Å². The van der Waals surface area contributed by atoms with E-state index in [0.29, 0.717) is 39.4 Å². The Hall–Kier alpha value is -2.30. The molecule has 0 bridgehead atoms. The van der Waals surface area contributed by atoms with Crippen molar-refractivity contribution in [1.29, 1.82) is 0 Å². The number of anilines is 2. The number of morpholine rings is 1. The monoisotopic (exact) mass is 489 g/mol. The predicted octanol–water partition coefficient (Wildman–Crippen LogP) is 2.48. The van der Waals surface area contributed by atoms with Crippen LogP contribution in [0.3, 0.4) is 0 Å². The molecule has 2 fully saturated rings. The molecule has 8 nitrogen and oxygen atoms in total. The summed E-state index contributed by atoms with van der Waals surface area (Å²) in [5.41, 5.74) is 2.51. The molecule has 5 rings (SSSR count). The molecule has 2 aromatic rings. The number of ether oxygens (including phenoxy) is 1. The third-order valence-electron chi connectivity index (χ3n) is 7.04. The minimum absolute atomic E-state index is 0.124. The number of nitrogens with zero attached hydrogens (tertiary/aromatic N) is 5. The summed E-state index contributed by atoms with van der Waals surface area (Å²) in [5, 5.41) is 0. The highest BCUT2D eigenvalue weighted by atomic mass is 32.2. The van der Waals surface area contributed by atoms with Gasteiger partial charge in [-0.1, -0.05) is 13.8 Å². The number of halogens is 1. The molecule has 0 amide bonds. The van der Waals surface area contributed by atoms with Crippen molar-refractivity contribution in [3.63, 3.8) is 0 Å². The standard InChI is InChI=1S/C24H32FN5O3S/c1-24(2)8-7-20-21(17-24)26-23(29-13-15-33-16-14-29)27-22(20)28-9-11-30(12-10-28)34(31,32)19-5-3-18(25)4-6-19/h3-6H,7-17H2,1-2H3. The molecule has 1 aliphatic carbocycles. The van der Waals surface area contributed by atoms with Gasteiger partial charge in [0.05, 0.1) is 23.8 Å². The number of rotatable bonds is 4. The minimum Gasteiger partial charge on any atom is -0.378 e. The summed E-state index contributed by atoms with van der Waals surface area (Å²) in [6.07, 6.45) is 2.91. The van der Waals surface area contributed by atoms with Crippen LogP contribution < -0.4 is 9.80 Å². The first-order chi connectivity index (χ1) is 16.2. The number of aromatic nitrogens is 2. The molecule has 2 saturated heterocycles. The van der Waals surface area contributed by atoms with Gasteiger partial charge in [-0.3, -0.25) is 0 Å². The lowest BCUT2D eigenvalue weighted by Gasteiger charge is -2.39. The van der Waals surface area contributed by atoms with Crippen LogP contribution in [0.5, 0.6) is 0 Å². The van der Waals surface area contributed by atoms with Gasteiger partial charge in [-0.05, 0) is 48.9 Å². The predicted molar refractivity (Wildman–Crippen MR) is 128 cm³/mol. The Bertz CT molecular complexity index is 1140. The fraction of sp³-hybridized carbons (Fsp3) is 0.583. The molecule has 0 unspecified atom stereocenters. The molecule has 2 aliphatic heterocycles. The van der Waals surface area contributed by atoms with Crippen LogP contribution in [0.25, 0.3) is 0 Å². The average Bonchev–Trinajstić information content (AvgIpc) is 2.83. The van der Waals surface area contributed by atoms with Gasteiger partial charge in [0.2, 0.25) is 16.0 Å². The summed E-state index contributed by atoms with van der Waals surface area (Å²) in [6, 6.07) is 5.03. The highest BCUT2D eigenvalue weighted by Crippen LogP contribution is 2.38. The number of sulfonamides is 1. The maximum Gasteiger partial charge on any atom is 0.243 e. The smallest absolute Gasteiger partial charge is 0.243 e. The summed E-state index contributed by atoms with van der Waals surface area (Å²) in [7, 11) is -3.66. The van der Waals surface area contributed by atoms with Gasteiger partial charge in [0, 0.05) is 44.8 Å². The summed E-state index contributed by atoms with van der Waals surface area (Å²) in [6.45, 7) is 9.26. The Balaban J connectivity index is 1.40. The fourth-order valence-electron chi connectivity index (χ4n) is 4.97. The van der Waals surface area contributed by atoms with Crippen LogP contribution in [0.1, 0.15) is 31.5 Å². The van der Waals surface area contributed by atoms with E-state index in [0.717, 1.165) is 49.8 Å². The molecular formula is C24H32FN5O3S. The normalized spacial score (nSPS) is 21.4. The molecule has 184 valence electrons. The van der Waals surface area contributed by atoms with E-state index in [9.17, 15) is 12.8 Å². The Kier molecular flexibility index (Phi) is 6.24. The zero-order chi connectivity index (χ0) is 23.9. The van der Waals surface area contributed by atoms with Gasteiger partial charge in [-0.25, -0.2) is 17.8 Å². The zero-order valence-corrected chi connectivity index (χ0v) is 20.7. The van der Waals surface area contributed by atoms with Crippen LogP contribution in [0, 0.1) is 11.2 Å². The minimum atomic E-state index is -3.66. The number of fused-ring (bicyclic) bond motifs is 1. The first-order valence-corrected chi connectivity index (χ1v) is 13.4. The number of hydrogen-bond donors (Lipinski definition) is 0. The zero-order valence-electron chi connectivity index (χ0n) is 19.8. The third-order valence-corrected chi connectivity index (χ3v) is 8.95. The van der Waals surface area contributed by atoms with Gasteiger partial charge >= 0.3 is 0 Å². The lowest BCUT2D eigenvalue weighted by molar-refractivity contribution is 0.122. The van der Waals surface area contributed by atoms with Crippen molar-refractivity contribution in [1.82, 2.24) is 14.3 Å². The van der Waals surface area contributed by atoms with Gasteiger partial charge in [0.1, 0.15) is 11.6 Å². The highest BCUT2D eigenvalue weighted by Gasteiger charge is 2.34. The molecule has 0 radical (unpaired) electrons. The average molecular weight is 490 g/mol. The van der Waals surface area contributed by atoms with Crippen molar-refractivity contribution < 1.29 is 17.5 Å². The van der Waals surface area contributed by atoms with E-state index < -0.39 is 15.8 Å². The molecule has 10 heteroatoms. The Morgan fingerprint density at radius 3 is 2.29 bits per heavy atom. The first-order valence-electron chi connectivity index (χ1n) is 12.0. The van der Waals surface area contributed by atoms with Crippen molar-refractivity contribution in [3.8, 4) is 0 Å². The quantitative estimate of drug-likeness (QED) is 0.653. The molecule has 0 saturated carbocycles. The lowest BCUT2D eigenvalue weighted by atomic mass is 9.76. The largest absolute Gasteiger partial charge is 0.378 e. The van der Waals surface area contributed by atoms with E-state index in [1.165, 1.54) is 34.1 Å². The molecule has 0 atom stereocenters. The van der Waals surface area contributed by atoms with E-state index in [2.05, 4.69) is 23.6 Å². The number of benzene rings is 1. The van der Waals surface area contributed by atoms with Crippen LogP contribution in [0.4, 0.5) is 16.2 Å². The Labute approximate surface area is 200 Å². The van der Waals surface area contributed by atoms with Crippen LogP contribution in [-0.4, -0.2) is 75.2 Å². The molecule has 1 aromatic heterocycles. The van der Waals surface area contributed by atoms with E-state index in [1.54, 1.807) is 0 Å². The maximum absolute atomic E-state index is 13.3. The summed E-state index contributed by atoms with van der Waals surface area (Å²) in [5.74, 6) is 1.24. The van der Waals surface area contributed by atoms with Gasteiger partial charge in [-0.2, -0.15) is 9.29 Å². The summed E-state index contributed by atoms with van der Waals surface area (Å²) >= 11 is 0. The summed E-state index contributed by atoms with van der Waals surface area (Å²) in [4.78, 5) is 14.5. The fourth-order valence-corrected chi connectivity index (χ4v) is 6.40. The molecule has 3 heterocycles. The molecular weight excluding hydrogens is 457 g/mol. The van der Waals surface area contributed by atoms with E-state index in [1.807, 2.05) is 0 Å². The van der Waals surface area contributed by atoms with Crippen molar-refractivity contribution in [3.05, 3.63) is 41.3 Å². The second-order valence-corrected chi connectivity index (χ2v) is 12.0. The van der Waals surface area contributed by atoms with Crippen LogP contribution in [-0.2, 0) is 27.6 Å². The van der Waals surface area contributed by atoms with Crippen molar-refractivity contribution in [2.45, 2.75) is 38.0 Å². The van der Waals surface area contributed by atoms with Gasteiger partial charge in [-0.15, -0.1) is 0 Å². The van der Waals surface area contributed by atoms with Gasteiger partial charge in [0.15, 0.2) is 0 Å². The number of hydrogen-bond acceptors (Lipinski definition) is 7. The van der Waals surface area contributed by atoms with Crippen LogP contribution in [0.2, 0.25) is 0 Å². The molecule has 0 spiro atoms. The third kappa shape index (κ3) is 4.63. The molecule has 1 aromatic carbocycles. The second kappa shape index (κ2) is 9.05. The summed E-state index contributed by atoms with van der Waals surface area (Å²) < 4.78 is 46.4. The Morgan fingerprint density at radius 1 is 0.941 bits per heavy atom. The van der Waals surface area contributed by atoms with Crippen molar-refractivity contribution in [2.24, 2.45) is 5.41 Å². The number of piperazine rings is 1. The molecule has 0 N–H and O–H groups in total. The lowest BCUT2D eigenvalue weighted by Crippen LogP contribution is -2.49. The molecule has 34 heavy (non-hydrogen) atoms. The SMILES string of the molecule is CC1(C)CCc2c(nc(N3CCOCC3)nc2N2CCN(S(=O)(=O)c3ccc(F)cc3)CC2)C1. The van der Waals surface area contributed by atoms with Crippen LogP contribution in [0.15, 0.2) is 29.2 Å². The van der Waals surface area contributed by atoms with Gasteiger partial charge < -0.3 is 14.5 Å². The topological polar surface area (TPSA) is 78.9 Å². The Morgan fingerprint density at radius 2 is 1.62 bits per heavy atom. The van der Waals surface area contributed by atoms with E-state index >= 15 is 0 Å². The van der Waals surface area contributed by atoms with Crippen molar-refractivity contribution in [2.75, 3.05) is 62.3 Å².